The molecule has 2 rings (SSSR count). The van der Waals surface area contributed by atoms with E-state index in [1.807, 2.05) is 12.2 Å². The molecule has 0 aromatic heterocycles. The summed E-state index contributed by atoms with van der Waals surface area (Å²) in [6.07, 6.45) is 5.46. The van der Waals surface area contributed by atoms with Crippen molar-refractivity contribution in [1.29, 1.82) is 0 Å². The molecule has 0 bridgehead atoms. The highest BCUT2D eigenvalue weighted by molar-refractivity contribution is 5.26. The minimum atomic E-state index is -1.39. The Balaban J connectivity index is 2.35. The largest absolute Gasteiger partial charge is 0.204 e. The number of allylic oxidation sites excluding steroid dienone is 2. The summed E-state index contributed by atoms with van der Waals surface area (Å²) in [4.78, 5) is 0. The maximum Gasteiger partial charge on any atom is 0.194 e. The fraction of sp³-hybridized carbons (Fsp3) is 0.273. The average Bonchev–Trinajstić information content (AvgIpc) is 2.66. The van der Waals surface area contributed by atoms with E-state index in [1.165, 1.54) is 0 Å². The van der Waals surface area contributed by atoms with Gasteiger partial charge in [-0.2, -0.15) is 0 Å². The van der Waals surface area contributed by atoms with Gasteiger partial charge in [0.25, 0.3) is 0 Å². The van der Waals surface area contributed by atoms with E-state index < -0.39 is 17.5 Å². The summed E-state index contributed by atoms with van der Waals surface area (Å²) in [7, 11) is 0. The Kier molecular flexibility index (Phi) is 2.32. The lowest BCUT2D eigenvalue weighted by molar-refractivity contribution is 0.443. The SMILES string of the molecule is Fc1cc(C2CC=CC2)cc(F)c1F. The van der Waals surface area contributed by atoms with Crippen molar-refractivity contribution < 1.29 is 13.2 Å². The van der Waals surface area contributed by atoms with Gasteiger partial charge < -0.3 is 0 Å². The number of hydrogen-bond acceptors (Lipinski definition) is 0. The molecule has 0 atom stereocenters. The van der Waals surface area contributed by atoms with E-state index in [-0.39, 0.29) is 5.92 Å². The lowest BCUT2D eigenvalue weighted by Crippen LogP contribution is -1.98. The molecule has 0 fully saturated rings. The van der Waals surface area contributed by atoms with Crippen molar-refractivity contribution in [3.63, 3.8) is 0 Å². The van der Waals surface area contributed by atoms with Gasteiger partial charge in [0, 0.05) is 0 Å². The van der Waals surface area contributed by atoms with E-state index in [0.29, 0.717) is 5.56 Å². The maximum absolute atomic E-state index is 12.9. The molecule has 0 heterocycles. The number of rotatable bonds is 1. The predicted octanol–water partition coefficient (Wildman–Crippen LogP) is 3.54. The Morgan fingerprint density at radius 2 is 1.43 bits per heavy atom. The minimum Gasteiger partial charge on any atom is -0.204 e. The smallest absolute Gasteiger partial charge is 0.194 e. The standard InChI is InChI=1S/C11H9F3/c12-9-5-8(6-10(13)11(9)14)7-3-1-2-4-7/h1-2,5-7H,3-4H2. The van der Waals surface area contributed by atoms with Crippen LogP contribution in [-0.4, -0.2) is 0 Å². The molecule has 0 radical (unpaired) electrons. The van der Waals surface area contributed by atoms with Gasteiger partial charge in [-0.3, -0.25) is 0 Å². The summed E-state index contributed by atoms with van der Waals surface area (Å²) < 4.78 is 38.3. The van der Waals surface area contributed by atoms with E-state index in [0.717, 1.165) is 25.0 Å². The van der Waals surface area contributed by atoms with Gasteiger partial charge in [0.2, 0.25) is 0 Å². The lowest BCUT2D eigenvalue weighted by atomic mass is 9.97. The first-order chi connectivity index (χ1) is 6.68. The first kappa shape index (κ1) is 9.31. The Morgan fingerprint density at radius 3 is 1.93 bits per heavy atom. The minimum absolute atomic E-state index is 0.0969. The lowest BCUT2D eigenvalue weighted by Gasteiger charge is -2.09. The summed E-state index contributed by atoms with van der Waals surface area (Å²) in [5, 5.41) is 0. The molecule has 0 saturated heterocycles. The van der Waals surface area contributed by atoms with Crippen molar-refractivity contribution in [2.75, 3.05) is 0 Å². The molecule has 0 spiro atoms. The molecule has 0 N–H and O–H groups in total. The zero-order chi connectivity index (χ0) is 10.1. The summed E-state index contributed by atoms with van der Waals surface area (Å²) in [6, 6.07) is 2.16. The highest BCUT2D eigenvalue weighted by atomic mass is 19.2. The van der Waals surface area contributed by atoms with Crippen LogP contribution < -0.4 is 0 Å². The van der Waals surface area contributed by atoms with Crippen molar-refractivity contribution in [3.8, 4) is 0 Å². The molecule has 1 aliphatic carbocycles. The second kappa shape index (κ2) is 3.48. The van der Waals surface area contributed by atoms with Crippen molar-refractivity contribution >= 4 is 0 Å². The quantitative estimate of drug-likeness (QED) is 0.478. The first-order valence-corrected chi connectivity index (χ1v) is 4.48. The van der Waals surface area contributed by atoms with Crippen molar-refractivity contribution in [1.82, 2.24) is 0 Å². The number of halogens is 3. The van der Waals surface area contributed by atoms with Crippen molar-refractivity contribution in [2.24, 2.45) is 0 Å². The number of hydrogen-bond donors (Lipinski definition) is 0. The molecule has 0 unspecified atom stereocenters. The van der Waals surface area contributed by atoms with E-state index in [9.17, 15) is 13.2 Å². The van der Waals surface area contributed by atoms with Crippen LogP contribution >= 0.6 is 0 Å². The molecule has 0 nitrogen and oxygen atoms in total. The second-order valence-electron chi connectivity index (χ2n) is 3.44. The normalized spacial score (nSPS) is 16.5. The van der Waals surface area contributed by atoms with Crippen molar-refractivity contribution in [3.05, 3.63) is 47.3 Å². The van der Waals surface area contributed by atoms with Crippen LogP contribution in [0.25, 0.3) is 0 Å². The molecule has 0 amide bonds. The van der Waals surface area contributed by atoms with Crippen LogP contribution in [0, 0.1) is 17.5 Å². The second-order valence-corrected chi connectivity index (χ2v) is 3.44. The molecule has 1 aromatic carbocycles. The zero-order valence-electron chi connectivity index (χ0n) is 7.43. The Morgan fingerprint density at radius 1 is 0.929 bits per heavy atom. The molecule has 0 aliphatic heterocycles. The maximum atomic E-state index is 12.9. The van der Waals surface area contributed by atoms with Crippen LogP contribution in [0.5, 0.6) is 0 Å². The van der Waals surface area contributed by atoms with Crippen LogP contribution in [0.2, 0.25) is 0 Å². The first-order valence-electron chi connectivity index (χ1n) is 4.48. The van der Waals surface area contributed by atoms with Gasteiger partial charge in [0.1, 0.15) is 0 Å². The molecule has 74 valence electrons. The third-order valence-corrected chi connectivity index (χ3v) is 2.49. The molecular weight excluding hydrogens is 189 g/mol. The fourth-order valence-corrected chi connectivity index (χ4v) is 1.70. The molecule has 14 heavy (non-hydrogen) atoms. The van der Waals surface area contributed by atoms with Crippen LogP contribution in [0.3, 0.4) is 0 Å². The van der Waals surface area contributed by atoms with Gasteiger partial charge in [-0.05, 0) is 36.5 Å². The van der Waals surface area contributed by atoms with Gasteiger partial charge in [0.05, 0.1) is 0 Å². The van der Waals surface area contributed by atoms with Crippen LogP contribution in [0.4, 0.5) is 13.2 Å². The molecule has 0 saturated carbocycles. The summed E-state index contributed by atoms with van der Waals surface area (Å²) in [5.41, 5.74) is 0.534. The fourth-order valence-electron chi connectivity index (χ4n) is 1.70. The van der Waals surface area contributed by atoms with Gasteiger partial charge in [-0.25, -0.2) is 13.2 Å². The summed E-state index contributed by atoms with van der Waals surface area (Å²) in [6.45, 7) is 0. The average molecular weight is 198 g/mol. The predicted molar refractivity (Wildman–Crippen MR) is 47.4 cm³/mol. The van der Waals surface area contributed by atoms with E-state index >= 15 is 0 Å². The van der Waals surface area contributed by atoms with Crippen LogP contribution in [0.1, 0.15) is 24.3 Å². The van der Waals surface area contributed by atoms with Crippen molar-refractivity contribution in [2.45, 2.75) is 18.8 Å². The molecule has 1 aliphatic rings. The summed E-state index contributed by atoms with van der Waals surface area (Å²) >= 11 is 0. The van der Waals surface area contributed by atoms with Crippen LogP contribution in [-0.2, 0) is 0 Å². The number of benzene rings is 1. The summed E-state index contributed by atoms with van der Waals surface area (Å²) in [5.74, 6) is -3.50. The molecule has 1 aromatic rings. The van der Waals surface area contributed by atoms with Gasteiger partial charge in [-0.15, -0.1) is 0 Å². The molecular formula is C11H9F3. The Labute approximate surface area is 80.1 Å². The van der Waals surface area contributed by atoms with Gasteiger partial charge >= 0.3 is 0 Å². The van der Waals surface area contributed by atoms with E-state index in [2.05, 4.69) is 0 Å². The highest BCUT2D eigenvalue weighted by Crippen LogP contribution is 2.30. The highest BCUT2D eigenvalue weighted by Gasteiger charge is 2.17. The zero-order valence-corrected chi connectivity index (χ0v) is 7.43. The van der Waals surface area contributed by atoms with Crippen LogP contribution in [0.15, 0.2) is 24.3 Å². The topological polar surface area (TPSA) is 0 Å². The molecule has 3 heteroatoms. The monoisotopic (exact) mass is 198 g/mol. The van der Waals surface area contributed by atoms with E-state index in [4.69, 9.17) is 0 Å². The Hall–Kier alpha value is -1.25. The third kappa shape index (κ3) is 1.54. The third-order valence-electron chi connectivity index (χ3n) is 2.49. The van der Waals surface area contributed by atoms with Gasteiger partial charge in [-0.1, -0.05) is 12.2 Å². The van der Waals surface area contributed by atoms with E-state index in [1.54, 1.807) is 0 Å². The van der Waals surface area contributed by atoms with Gasteiger partial charge in [0.15, 0.2) is 17.5 Å². The Bertz CT molecular complexity index is 351.